The molecule has 6 nitrogen and oxygen atoms in total. The van der Waals surface area contributed by atoms with E-state index in [9.17, 15) is 4.79 Å². The van der Waals surface area contributed by atoms with Crippen LogP contribution in [0.5, 0.6) is 0 Å². The highest BCUT2D eigenvalue weighted by Crippen LogP contribution is 2.29. The summed E-state index contributed by atoms with van der Waals surface area (Å²) in [5.74, 6) is 1.16. The first-order valence-electron chi connectivity index (χ1n) is 9.23. The standard InChI is InChI=1S/C20H18ClN5OS2/c21-13-2-1-12-7-14(29-16(12)8-13)9-25-4-5-26(18(27)11-25)10-17-23-19(22)15-3-6-28-20(15)24-17/h1-3,6-8H,4-5,9-11H2,(H2,22,23,24). The van der Waals surface area contributed by atoms with Gasteiger partial charge in [-0.05, 0) is 35.0 Å². The molecule has 5 rings (SSSR count). The molecule has 9 heteroatoms. The van der Waals surface area contributed by atoms with Gasteiger partial charge in [-0.1, -0.05) is 17.7 Å². The van der Waals surface area contributed by atoms with Crippen LogP contribution < -0.4 is 5.73 Å². The van der Waals surface area contributed by atoms with E-state index in [1.807, 2.05) is 34.5 Å². The van der Waals surface area contributed by atoms with Crippen molar-refractivity contribution in [2.24, 2.45) is 0 Å². The molecule has 4 aromatic rings. The highest BCUT2D eigenvalue weighted by atomic mass is 35.5. The number of thiophene rings is 2. The minimum Gasteiger partial charge on any atom is -0.383 e. The summed E-state index contributed by atoms with van der Waals surface area (Å²) in [7, 11) is 0. The lowest BCUT2D eigenvalue weighted by molar-refractivity contribution is -0.137. The third-order valence-electron chi connectivity index (χ3n) is 5.04. The summed E-state index contributed by atoms with van der Waals surface area (Å²) in [6.07, 6.45) is 0. The summed E-state index contributed by atoms with van der Waals surface area (Å²) in [6, 6.07) is 10.0. The van der Waals surface area contributed by atoms with Crippen LogP contribution in [0.1, 0.15) is 10.7 Å². The molecule has 2 N–H and O–H groups in total. The predicted octanol–water partition coefficient (Wildman–Crippen LogP) is 3.99. The topological polar surface area (TPSA) is 75.3 Å². The molecule has 29 heavy (non-hydrogen) atoms. The number of benzene rings is 1. The number of anilines is 1. The molecule has 0 saturated carbocycles. The summed E-state index contributed by atoms with van der Waals surface area (Å²) in [5, 5.41) is 4.77. The Balaban J connectivity index is 1.25. The van der Waals surface area contributed by atoms with Crippen LogP contribution in [-0.2, 0) is 17.9 Å². The quantitative estimate of drug-likeness (QED) is 0.516. The fourth-order valence-electron chi connectivity index (χ4n) is 3.58. The molecule has 0 unspecified atom stereocenters. The zero-order chi connectivity index (χ0) is 20.0. The van der Waals surface area contributed by atoms with E-state index < -0.39 is 0 Å². The van der Waals surface area contributed by atoms with E-state index in [-0.39, 0.29) is 5.91 Å². The summed E-state index contributed by atoms with van der Waals surface area (Å²) in [6.45, 7) is 3.03. The number of nitrogens with two attached hydrogens (primary N) is 1. The molecule has 1 aromatic carbocycles. The summed E-state index contributed by atoms with van der Waals surface area (Å²) in [5.41, 5.74) is 6.03. The van der Waals surface area contributed by atoms with E-state index in [1.165, 1.54) is 26.3 Å². The molecule has 1 amide bonds. The van der Waals surface area contributed by atoms with E-state index in [0.29, 0.717) is 31.3 Å². The van der Waals surface area contributed by atoms with Crippen LogP contribution in [0.2, 0.25) is 5.02 Å². The second-order valence-corrected chi connectivity index (χ2v) is 9.58. The van der Waals surface area contributed by atoms with Gasteiger partial charge in [-0.15, -0.1) is 22.7 Å². The highest BCUT2D eigenvalue weighted by Gasteiger charge is 2.25. The first-order valence-corrected chi connectivity index (χ1v) is 11.3. The monoisotopic (exact) mass is 443 g/mol. The molecule has 3 aromatic heterocycles. The van der Waals surface area contributed by atoms with Crippen molar-refractivity contribution in [3.05, 3.63) is 51.4 Å². The first-order chi connectivity index (χ1) is 14.0. The Bertz CT molecular complexity index is 1220. The van der Waals surface area contributed by atoms with Crippen molar-refractivity contribution in [2.75, 3.05) is 25.4 Å². The van der Waals surface area contributed by atoms with Crippen molar-refractivity contribution >= 4 is 66.3 Å². The van der Waals surface area contributed by atoms with Gasteiger partial charge in [0.2, 0.25) is 5.91 Å². The number of amides is 1. The van der Waals surface area contributed by atoms with Crippen LogP contribution in [0.4, 0.5) is 5.82 Å². The van der Waals surface area contributed by atoms with E-state index in [1.54, 1.807) is 11.3 Å². The molecule has 148 valence electrons. The highest BCUT2D eigenvalue weighted by molar-refractivity contribution is 7.19. The number of rotatable bonds is 4. The Kier molecular flexibility index (Phi) is 4.87. The van der Waals surface area contributed by atoms with Gasteiger partial charge in [-0.2, -0.15) is 0 Å². The predicted molar refractivity (Wildman–Crippen MR) is 119 cm³/mol. The van der Waals surface area contributed by atoms with Gasteiger partial charge < -0.3 is 10.6 Å². The lowest BCUT2D eigenvalue weighted by Gasteiger charge is -2.33. The number of fused-ring (bicyclic) bond motifs is 2. The molecule has 1 fully saturated rings. The number of halogens is 1. The zero-order valence-corrected chi connectivity index (χ0v) is 17.9. The third-order valence-corrected chi connectivity index (χ3v) is 7.17. The first kappa shape index (κ1) is 18.7. The fraction of sp³-hybridized carbons (Fsp3) is 0.250. The Morgan fingerprint density at radius 2 is 2.03 bits per heavy atom. The number of nitrogen functional groups attached to an aromatic ring is 1. The number of nitrogens with zero attached hydrogens (tertiary/aromatic N) is 4. The van der Waals surface area contributed by atoms with E-state index in [0.717, 1.165) is 28.3 Å². The maximum atomic E-state index is 12.7. The van der Waals surface area contributed by atoms with Crippen LogP contribution in [0.25, 0.3) is 20.3 Å². The molecule has 1 aliphatic heterocycles. The molecular formula is C20H18ClN5OS2. The van der Waals surface area contributed by atoms with Gasteiger partial charge >= 0.3 is 0 Å². The minimum atomic E-state index is 0.0915. The van der Waals surface area contributed by atoms with Gasteiger partial charge in [-0.25, -0.2) is 9.97 Å². The second kappa shape index (κ2) is 7.53. The summed E-state index contributed by atoms with van der Waals surface area (Å²) >= 11 is 9.35. The van der Waals surface area contributed by atoms with Gasteiger partial charge in [0.1, 0.15) is 10.6 Å². The maximum Gasteiger partial charge on any atom is 0.237 e. The number of hydrogen-bond donors (Lipinski definition) is 1. The third kappa shape index (κ3) is 3.81. The van der Waals surface area contributed by atoms with Gasteiger partial charge in [0.15, 0.2) is 5.82 Å². The SMILES string of the molecule is Nc1nc(CN2CCN(Cc3cc4ccc(Cl)cc4s3)CC2=O)nc2sccc12. The number of carbonyl (C=O) groups is 1. The lowest BCUT2D eigenvalue weighted by Crippen LogP contribution is -2.49. The number of carbonyl (C=O) groups excluding carboxylic acids is 1. The number of aromatic nitrogens is 2. The summed E-state index contributed by atoms with van der Waals surface area (Å²) in [4.78, 5) is 27.7. The zero-order valence-electron chi connectivity index (χ0n) is 15.5. The average molecular weight is 444 g/mol. The van der Waals surface area contributed by atoms with Gasteiger partial charge in [0.25, 0.3) is 0 Å². The molecule has 0 atom stereocenters. The van der Waals surface area contributed by atoms with Crippen LogP contribution in [0.3, 0.4) is 0 Å². The normalized spacial score (nSPS) is 15.6. The Morgan fingerprint density at radius 1 is 1.14 bits per heavy atom. The molecule has 1 aliphatic rings. The molecule has 1 saturated heterocycles. The Hall–Kier alpha value is -2.26. The molecule has 4 heterocycles. The van der Waals surface area contributed by atoms with Crippen molar-refractivity contribution in [1.29, 1.82) is 0 Å². The van der Waals surface area contributed by atoms with Crippen LogP contribution in [0.15, 0.2) is 35.7 Å². The minimum absolute atomic E-state index is 0.0915. The Morgan fingerprint density at radius 3 is 2.90 bits per heavy atom. The lowest BCUT2D eigenvalue weighted by atomic mass is 10.2. The Labute approximate surface area is 180 Å². The molecule has 0 bridgehead atoms. The van der Waals surface area contributed by atoms with Crippen molar-refractivity contribution in [2.45, 2.75) is 13.1 Å². The molecule has 0 aliphatic carbocycles. The molecule has 0 spiro atoms. The van der Waals surface area contributed by atoms with Crippen LogP contribution in [-0.4, -0.2) is 45.3 Å². The molecular weight excluding hydrogens is 426 g/mol. The van der Waals surface area contributed by atoms with Gasteiger partial charge in [0.05, 0.1) is 18.5 Å². The number of piperazine rings is 1. The summed E-state index contributed by atoms with van der Waals surface area (Å²) < 4.78 is 1.18. The fourth-order valence-corrected chi connectivity index (χ4v) is 5.76. The maximum absolute atomic E-state index is 12.7. The number of hydrogen-bond acceptors (Lipinski definition) is 7. The van der Waals surface area contributed by atoms with Gasteiger partial charge in [0, 0.05) is 34.2 Å². The smallest absolute Gasteiger partial charge is 0.237 e. The average Bonchev–Trinajstić information content (AvgIpc) is 3.30. The van der Waals surface area contributed by atoms with Gasteiger partial charge in [-0.3, -0.25) is 9.69 Å². The van der Waals surface area contributed by atoms with Crippen molar-refractivity contribution < 1.29 is 4.79 Å². The second-order valence-electron chi connectivity index (χ2n) is 7.09. The van der Waals surface area contributed by atoms with Crippen LogP contribution >= 0.6 is 34.3 Å². The largest absolute Gasteiger partial charge is 0.383 e. The van der Waals surface area contributed by atoms with E-state index >= 15 is 0 Å². The van der Waals surface area contributed by atoms with Crippen molar-refractivity contribution in [3.8, 4) is 0 Å². The van der Waals surface area contributed by atoms with E-state index in [4.69, 9.17) is 17.3 Å². The van der Waals surface area contributed by atoms with Crippen molar-refractivity contribution in [1.82, 2.24) is 19.8 Å². The van der Waals surface area contributed by atoms with Crippen molar-refractivity contribution in [3.63, 3.8) is 0 Å². The van der Waals surface area contributed by atoms with E-state index in [2.05, 4.69) is 20.9 Å². The van der Waals surface area contributed by atoms with Crippen LogP contribution in [0, 0.1) is 0 Å². The molecule has 0 radical (unpaired) electrons.